The lowest BCUT2D eigenvalue weighted by Crippen LogP contribution is -2.38. The molecule has 0 saturated carbocycles. The molecular weight excluding hydrogens is 358 g/mol. The van der Waals surface area contributed by atoms with E-state index < -0.39 is 0 Å². The monoisotopic (exact) mass is 383 g/mol. The number of carbonyl (C=O) groups is 1. The van der Waals surface area contributed by atoms with Crippen molar-refractivity contribution >= 4 is 11.8 Å². The molecule has 0 N–H and O–H groups in total. The molecule has 2 aromatic rings. The number of anilines is 1. The second kappa shape index (κ2) is 8.14. The summed E-state index contributed by atoms with van der Waals surface area (Å²) in [6.45, 7) is 2.89. The topological polar surface area (TPSA) is 73.8 Å². The highest BCUT2D eigenvalue weighted by molar-refractivity contribution is 5.74. The second-order valence-electron chi connectivity index (χ2n) is 7.06. The molecular formula is C21H25N3O4. The lowest BCUT2D eigenvalue weighted by molar-refractivity contribution is -0.145. The Morgan fingerprint density at radius 1 is 1.18 bits per heavy atom. The maximum absolute atomic E-state index is 12.1. The number of rotatable bonds is 4. The molecule has 1 aromatic heterocycles. The van der Waals surface area contributed by atoms with Crippen LogP contribution in [-0.2, 0) is 27.1 Å². The number of para-hydroxylation sites is 1. The van der Waals surface area contributed by atoms with E-state index >= 15 is 0 Å². The SMILES string of the molecule is COC(=O)C1CCc2nc(-c3ccccc3OC)nc(N3CCOCC3)c2C1. The molecule has 1 saturated heterocycles. The third-order valence-electron chi connectivity index (χ3n) is 5.44. The van der Waals surface area contributed by atoms with Gasteiger partial charge >= 0.3 is 5.97 Å². The van der Waals surface area contributed by atoms with Gasteiger partial charge in [0.1, 0.15) is 11.6 Å². The Labute approximate surface area is 164 Å². The Balaban J connectivity index is 1.80. The fourth-order valence-electron chi connectivity index (χ4n) is 3.95. The van der Waals surface area contributed by atoms with E-state index in [4.69, 9.17) is 24.2 Å². The van der Waals surface area contributed by atoms with Crippen LogP contribution in [-0.4, -0.2) is 56.5 Å². The number of aryl methyl sites for hydroxylation is 1. The average Bonchev–Trinajstić information content (AvgIpc) is 2.78. The zero-order valence-corrected chi connectivity index (χ0v) is 16.3. The maximum atomic E-state index is 12.1. The molecule has 1 unspecified atom stereocenters. The first kappa shape index (κ1) is 18.7. The van der Waals surface area contributed by atoms with Crippen LogP contribution in [0, 0.1) is 5.92 Å². The quantitative estimate of drug-likeness (QED) is 0.750. The van der Waals surface area contributed by atoms with Crippen molar-refractivity contribution < 1.29 is 19.0 Å². The Morgan fingerprint density at radius 3 is 2.71 bits per heavy atom. The lowest BCUT2D eigenvalue weighted by atomic mass is 9.86. The minimum absolute atomic E-state index is 0.141. The Hall–Kier alpha value is -2.67. The second-order valence-corrected chi connectivity index (χ2v) is 7.06. The third kappa shape index (κ3) is 3.54. The molecule has 0 radical (unpaired) electrons. The van der Waals surface area contributed by atoms with Gasteiger partial charge in [-0.2, -0.15) is 0 Å². The number of fused-ring (bicyclic) bond motifs is 1. The molecule has 1 fully saturated rings. The predicted molar refractivity (Wildman–Crippen MR) is 105 cm³/mol. The standard InChI is InChI=1S/C21H25N3O4/c1-26-18-6-4-3-5-15(18)19-22-17-8-7-14(21(25)27-2)13-16(17)20(23-19)24-9-11-28-12-10-24/h3-6,14H,7-13H2,1-2H3. The molecule has 1 aromatic carbocycles. The molecule has 1 aliphatic heterocycles. The first-order valence-electron chi connectivity index (χ1n) is 9.65. The summed E-state index contributed by atoms with van der Waals surface area (Å²) in [5.74, 6) is 2.01. The van der Waals surface area contributed by atoms with Crippen molar-refractivity contribution in [3.63, 3.8) is 0 Å². The molecule has 2 heterocycles. The molecule has 1 atom stereocenters. The molecule has 1 aliphatic carbocycles. The molecule has 7 nitrogen and oxygen atoms in total. The number of nitrogens with zero attached hydrogens (tertiary/aromatic N) is 3. The number of benzene rings is 1. The molecule has 4 rings (SSSR count). The van der Waals surface area contributed by atoms with E-state index in [0.29, 0.717) is 25.5 Å². The Bertz CT molecular complexity index is 865. The van der Waals surface area contributed by atoms with E-state index in [1.165, 1.54) is 7.11 Å². The van der Waals surface area contributed by atoms with Gasteiger partial charge in [-0.3, -0.25) is 4.79 Å². The number of methoxy groups -OCH3 is 2. The number of aromatic nitrogens is 2. The maximum Gasteiger partial charge on any atom is 0.309 e. The summed E-state index contributed by atoms with van der Waals surface area (Å²) in [5, 5.41) is 0. The predicted octanol–water partition coefficient (Wildman–Crippen LogP) is 2.27. The van der Waals surface area contributed by atoms with E-state index in [2.05, 4.69) is 4.90 Å². The van der Waals surface area contributed by atoms with Crippen molar-refractivity contribution in [1.29, 1.82) is 0 Å². The van der Waals surface area contributed by atoms with E-state index in [1.54, 1.807) is 7.11 Å². The zero-order chi connectivity index (χ0) is 19.5. The highest BCUT2D eigenvalue weighted by Gasteiger charge is 2.31. The number of carbonyl (C=O) groups excluding carboxylic acids is 1. The van der Waals surface area contributed by atoms with Crippen LogP contribution in [0.1, 0.15) is 17.7 Å². The van der Waals surface area contributed by atoms with Crippen molar-refractivity contribution in [3.05, 3.63) is 35.5 Å². The van der Waals surface area contributed by atoms with Gasteiger partial charge in [-0.1, -0.05) is 12.1 Å². The number of hydrogen-bond donors (Lipinski definition) is 0. The fraction of sp³-hybridized carbons (Fsp3) is 0.476. The van der Waals surface area contributed by atoms with Crippen molar-refractivity contribution in [1.82, 2.24) is 9.97 Å². The van der Waals surface area contributed by atoms with E-state index in [9.17, 15) is 4.79 Å². The molecule has 0 amide bonds. The number of morpholine rings is 1. The summed E-state index contributed by atoms with van der Waals surface area (Å²) in [6.07, 6.45) is 2.09. The van der Waals surface area contributed by atoms with Gasteiger partial charge in [0.15, 0.2) is 5.82 Å². The molecule has 28 heavy (non-hydrogen) atoms. The molecule has 148 valence electrons. The summed E-state index contributed by atoms with van der Waals surface area (Å²) >= 11 is 0. The number of ether oxygens (including phenoxy) is 3. The van der Waals surface area contributed by atoms with Gasteiger partial charge in [-0.25, -0.2) is 9.97 Å². The van der Waals surface area contributed by atoms with Gasteiger partial charge in [0.25, 0.3) is 0 Å². The van der Waals surface area contributed by atoms with Gasteiger partial charge < -0.3 is 19.1 Å². The van der Waals surface area contributed by atoms with E-state index in [-0.39, 0.29) is 11.9 Å². The van der Waals surface area contributed by atoms with Crippen LogP contribution in [0.4, 0.5) is 5.82 Å². The summed E-state index contributed by atoms with van der Waals surface area (Å²) < 4.78 is 16.0. The van der Waals surface area contributed by atoms with E-state index in [1.807, 2.05) is 24.3 Å². The molecule has 2 aliphatic rings. The Morgan fingerprint density at radius 2 is 1.96 bits per heavy atom. The van der Waals surface area contributed by atoms with Crippen LogP contribution in [0.5, 0.6) is 5.75 Å². The van der Waals surface area contributed by atoms with Crippen LogP contribution in [0.3, 0.4) is 0 Å². The first-order chi connectivity index (χ1) is 13.7. The van der Waals surface area contributed by atoms with Crippen molar-refractivity contribution in [2.24, 2.45) is 5.92 Å². The van der Waals surface area contributed by atoms with Crippen LogP contribution in [0.2, 0.25) is 0 Å². The summed E-state index contributed by atoms with van der Waals surface area (Å²) in [6, 6.07) is 7.79. The van der Waals surface area contributed by atoms with Gasteiger partial charge in [0.05, 0.1) is 38.9 Å². The van der Waals surface area contributed by atoms with Crippen LogP contribution in [0.15, 0.2) is 24.3 Å². The highest BCUT2D eigenvalue weighted by atomic mass is 16.5. The zero-order valence-electron chi connectivity index (χ0n) is 16.3. The van der Waals surface area contributed by atoms with E-state index in [0.717, 1.165) is 54.3 Å². The third-order valence-corrected chi connectivity index (χ3v) is 5.44. The first-order valence-corrected chi connectivity index (χ1v) is 9.65. The largest absolute Gasteiger partial charge is 0.496 e. The average molecular weight is 383 g/mol. The highest BCUT2D eigenvalue weighted by Crippen LogP contribution is 2.35. The molecule has 0 spiro atoms. The van der Waals surface area contributed by atoms with Gasteiger partial charge in [0, 0.05) is 24.3 Å². The van der Waals surface area contributed by atoms with Crippen LogP contribution in [0.25, 0.3) is 11.4 Å². The van der Waals surface area contributed by atoms with Gasteiger partial charge in [-0.05, 0) is 31.4 Å². The minimum atomic E-state index is -0.160. The van der Waals surface area contributed by atoms with Gasteiger partial charge in [-0.15, -0.1) is 0 Å². The van der Waals surface area contributed by atoms with Gasteiger partial charge in [0.2, 0.25) is 0 Å². The number of esters is 1. The van der Waals surface area contributed by atoms with Crippen molar-refractivity contribution in [3.8, 4) is 17.1 Å². The Kier molecular flexibility index (Phi) is 5.43. The molecule has 7 heteroatoms. The van der Waals surface area contributed by atoms with Crippen LogP contribution >= 0.6 is 0 Å². The van der Waals surface area contributed by atoms with Crippen molar-refractivity contribution in [2.75, 3.05) is 45.4 Å². The lowest BCUT2D eigenvalue weighted by Gasteiger charge is -2.32. The number of hydrogen-bond acceptors (Lipinski definition) is 7. The molecule has 0 bridgehead atoms. The van der Waals surface area contributed by atoms with Crippen LogP contribution < -0.4 is 9.64 Å². The minimum Gasteiger partial charge on any atom is -0.496 e. The normalized spacial score (nSPS) is 19.1. The summed E-state index contributed by atoms with van der Waals surface area (Å²) in [4.78, 5) is 24.2. The smallest absolute Gasteiger partial charge is 0.309 e. The summed E-state index contributed by atoms with van der Waals surface area (Å²) in [7, 11) is 3.10. The summed E-state index contributed by atoms with van der Waals surface area (Å²) in [5.41, 5.74) is 2.94. The van der Waals surface area contributed by atoms with Crippen molar-refractivity contribution in [2.45, 2.75) is 19.3 Å². The fourth-order valence-corrected chi connectivity index (χ4v) is 3.95.